The van der Waals surface area contributed by atoms with Crippen molar-refractivity contribution in [1.29, 1.82) is 0 Å². The van der Waals surface area contributed by atoms with Crippen molar-refractivity contribution in [3.05, 3.63) is 76.5 Å². The lowest BCUT2D eigenvalue weighted by atomic mass is 9.90. The molecule has 154 valence electrons. The Balaban J connectivity index is 1.63. The van der Waals surface area contributed by atoms with E-state index in [2.05, 4.69) is 33.7 Å². The largest absolute Gasteiger partial charge is 0.366 e. The highest BCUT2D eigenvalue weighted by molar-refractivity contribution is 8.22. The van der Waals surface area contributed by atoms with E-state index >= 15 is 0 Å². The van der Waals surface area contributed by atoms with Crippen molar-refractivity contribution in [2.75, 3.05) is 13.1 Å². The molecule has 3 N–H and O–H groups in total. The van der Waals surface area contributed by atoms with Gasteiger partial charge in [0.1, 0.15) is 5.52 Å². The fourth-order valence-corrected chi connectivity index (χ4v) is 5.49. The van der Waals surface area contributed by atoms with E-state index in [0.717, 1.165) is 52.4 Å². The van der Waals surface area contributed by atoms with Crippen LogP contribution >= 0.6 is 23.7 Å². The molecule has 1 aromatic heterocycles. The first-order valence-electron chi connectivity index (χ1n) is 9.83. The summed E-state index contributed by atoms with van der Waals surface area (Å²) in [7, 11) is 0. The molecule has 2 aromatic carbocycles. The van der Waals surface area contributed by atoms with E-state index in [1.807, 2.05) is 36.4 Å². The fraction of sp³-hybridized carbons (Fsp3) is 0.217. The number of aromatic nitrogens is 2. The molecule has 5 nitrogen and oxygen atoms in total. The van der Waals surface area contributed by atoms with Crippen molar-refractivity contribution >= 4 is 40.5 Å². The van der Waals surface area contributed by atoms with Crippen LogP contribution in [0.5, 0.6) is 0 Å². The van der Waals surface area contributed by atoms with Crippen LogP contribution in [0.1, 0.15) is 34.8 Å². The molecule has 0 aliphatic carbocycles. The monoisotopic (exact) mass is 436 g/mol. The SMILES string of the molecule is C=CSC(=C)SN1CCC(c2[nH]nc3c(C(N)=O)cc(-c4ccccc4)cc23)CC1. The number of amides is 1. The predicted octanol–water partition coefficient (Wildman–Crippen LogP) is 5.50. The van der Waals surface area contributed by atoms with Crippen LogP contribution in [0.15, 0.2) is 65.3 Å². The molecule has 1 aliphatic heterocycles. The van der Waals surface area contributed by atoms with Crippen LogP contribution in [-0.4, -0.2) is 33.5 Å². The highest BCUT2D eigenvalue weighted by Gasteiger charge is 2.26. The molecule has 1 saturated heterocycles. The maximum atomic E-state index is 12.1. The molecule has 1 aliphatic rings. The van der Waals surface area contributed by atoms with Crippen LogP contribution < -0.4 is 5.73 Å². The van der Waals surface area contributed by atoms with Gasteiger partial charge in [0.05, 0.1) is 9.80 Å². The zero-order valence-corrected chi connectivity index (χ0v) is 18.3. The molecule has 0 saturated carbocycles. The van der Waals surface area contributed by atoms with Gasteiger partial charge in [-0.15, -0.1) is 0 Å². The summed E-state index contributed by atoms with van der Waals surface area (Å²) in [4.78, 5) is 12.1. The standard InChI is InChI=1S/C23H24N4OS2/c1-3-29-15(2)30-27-11-9-17(10-12-27)21-19-13-18(16-7-5-4-6-8-16)14-20(23(24)28)22(19)26-25-21/h3-8,13-14,17H,1-2,9-12H2,(H2,24,28)(H,25,26). The Morgan fingerprint density at radius 1 is 1.20 bits per heavy atom. The van der Waals surface area contributed by atoms with Crippen LogP contribution in [0.2, 0.25) is 0 Å². The molecule has 0 radical (unpaired) electrons. The number of piperidine rings is 1. The summed E-state index contributed by atoms with van der Waals surface area (Å²) >= 11 is 3.26. The van der Waals surface area contributed by atoms with Crippen LogP contribution in [0.25, 0.3) is 22.0 Å². The first kappa shape index (κ1) is 20.8. The summed E-state index contributed by atoms with van der Waals surface area (Å²) < 4.78 is 3.38. The first-order valence-corrected chi connectivity index (χ1v) is 11.5. The number of rotatable bonds is 7. The number of aromatic amines is 1. The summed E-state index contributed by atoms with van der Waals surface area (Å²) in [5.74, 6) is -0.0980. The molecular formula is C23H24N4OS2. The van der Waals surface area contributed by atoms with Gasteiger partial charge in [0.15, 0.2) is 0 Å². The molecule has 3 aromatic rings. The Bertz CT molecular complexity index is 1090. The lowest BCUT2D eigenvalue weighted by molar-refractivity contribution is 0.100. The number of thioether (sulfide) groups is 1. The lowest BCUT2D eigenvalue weighted by Crippen LogP contribution is -2.27. The van der Waals surface area contributed by atoms with Gasteiger partial charge in [-0.25, -0.2) is 4.31 Å². The number of primary amides is 1. The molecular weight excluding hydrogens is 412 g/mol. The van der Waals surface area contributed by atoms with Crippen molar-refractivity contribution in [1.82, 2.24) is 14.5 Å². The zero-order chi connectivity index (χ0) is 21.1. The average molecular weight is 437 g/mol. The molecule has 0 unspecified atom stereocenters. The lowest BCUT2D eigenvalue weighted by Gasteiger charge is -2.30. The quantitative estimate of drug-likeness (QED) is 0.478. The normalized spacial score (nSPS) is 15.3. The molecule has 30 heavy (non-hydrogen) atoms. The maximum Gasteiger partial charge on any atom is 0.251 e. The van der Waals surface area contributed by atoms with Crippen LogP contribution in [0, 0.1) is 0 Å². The minimum absolute atomic E-state index is 0.360. The number of carbonyl (C=O) groups is 1. The van der Waals surface area contributed by atoms with Crippen LogP contribution in [0.4, 0.5) is 0 Å². The van der Waals surface area contributed by atoms with Gasteiger partial charge < -0.3 is 5.73 Å². The summed E-state index contributed by atoms with van der Waals surface area (Å²) in [6.45, 7) is 9.74. The minimum Gasteiger partial charge on any atom is -0.366 e. The molecule has 1 amide bonds. The summed E-state index contributed by atoms with van der Waals surface area (Å²) in [5.41, 5.74) is 9.92. The third kappa shape index (κ3) is 4.33. The fourth-order valence-electron chi connectivity index (χ4n) is 3.93. The number of nitrogens with one attached hydrogen (secondary N) is 1. The van der Waals surface area contributed by atoms with E-state index in [-0.39, 0.29) is 0 Å². The van der Waals surface area contributed by atoms with E-state index in [1.165, 1.54) is 0 Å². The number of benzene rings is 2. The number of nitrogens with two attached hydrogens (primary N) is 1. The van der Waals surface area contributed by atoms with E-state index in [1.54, 1.807) is 29.1 Å². The minimum atomic E-state index is -0.458. The van der Waals surface area contributed by atoms with Crippen molar-refractivity contribution in [2.45, 2.75) is 18.8 Å². The number of carbonyl (C=O) groups excluding carboxylic acids is 1. The highest BCUT2D eigenvalue weighted by Crippen LogP contribution is 2.38. The number of hydrogen-bond donors (Lipinski definition) is 2. The first-order chi connectivity index (χ1) is 14.6. The number of nitrogens with zero attached hydrogens (tertiary/aromatic N) is 2. The Morgan fingerprint density at radius 2 is 1.93 bits per heavy atom. The number of fused-ring (bicyclic) bond motifs is 1. The summed E-state index contributed by atoms with van der Waals surface area (Å²) in [6, 6.07) is 14.0. The highest BCUT2D eigenvalue weighted by atomic mass is 32.2. The van der Waals surface area contributed by atoms with Gasteiger partial charge in [-0.2, -0.15) is 5.10 Å². The van der Waals surface area contributed by atoms with Gasteiger partial charge >= 0.3 is 0 Å². The van der Waals surface area contributed by atoms with Crippen molar-refractivity contribution in [2.24, 2.45) is 5.73 Å². The Labute approximate surface area is 184 Å². The van der Waals surface area contributed by atoms with E-state index < -0.39 is 5.91 Å². The van der Waals surface area contributed by atoms with Gasteiger partial charge in [-0.1, -0.05) is 55.3 Å². The second-order valence-electron chi connectivity index (χ2n) is 7.24. The Hall–Kier alpha value is -2.48. The average Bonchev–Trinajstić information content (AvgIpc) is 3.18. The third-order valence-corrected chi connectivity index (χ3v) is 7.14. The zero-order valence-electron chi connectivity index (χ0n) is 16.6. The predicted molar refractivity (Wildman–Crippen MR) is 128 cm³/mol. The van der Waals surface area contributed by atoms with Gasteiger partial charge in [0, 0.05) is 30.1 Å². The van der Waals surface area contributed by atoms with Gasteiger partial charge in [0.25, 0.3) is 5.91 Å². The maximum absolute atomic E-state index is 12.1. The Kier molecular flexibility index (Phi) is 6.32. The molecule has 1 fully saturated rings. The molecule has 0 atom stereocenters. The topological polar surface area (TPSA) is 75.0 Å². The Morgan fingerprint density at radius 3 is 2.60 bits per heavy atom. The smallest absolute Gasteiger partial charge is 0.251 e. The molecule has 4 rings (SSSR count). The second-order valence-corrected chi connectivity index (χ2v) is 9.75. The summed E-state index contributed by atoms with van der Waals surface area (Å²) in [5, 5.41) is 10.5. The number of H-pyrrole nitrogens is 1. The third-order valence-electron chi connectivity index (χ3n) is 5.37. The van der Waals surface area contributed by atoms with Gasteiger partial charge in [-0.05, 0) is 53.5 Å². The molecule has 0 bridgehead atoms. The second kappa shape index (κ2) is 9.12. The molecule has 0 spiro atoms. The van der Waals surface area contributed by atoms with Crippen molar-refractivity contribution in [3.8, 4) is 11.1 Å². The van der Waals surface area contributed by atoms with E-state index in [9.17, 15) is 4.79 Å². The van der Waals surface area contributed by atoms with E-state index in [4.69, 9.17) is 5.73 Å². The van der Waals surface area contributed by atoms with Crippen LogP contribution in [0.3, 0.4) is 0 Å². The van der Waals surface area contributed by atoms with Gasteiger partial charge in [-0.3, -0.25) is 9.89 Å². The molecule has 7 heteroatoms. The molecule has 2 heterocycles. The van der Waals surface area contributed by atoms with E-state index in [0.29, 0.717) is 17.0 Å². The number of hydrogen-bond acceptors (Lipinski definition) is 5. The summed E-state index contributed by atoms with van der Waals surface area (Å²) in [6.07, 6.45) is 2.02. The van der Waals surface area contributed by atoms with Crippen molar-refractivity contribution in [3.63, 3.8) is 0 Å². The van der Waals surface area contributed by atoms with Gasteiger partial charge in [0.2, 0.25) is 0 Å². The van der Waals surface area contributed by atoms with Crippen LogP contribution in [-0.2, 0) is 0 Å². The van der Waals surface area contributed by atoms with Crippen molar-refractivity contribution < 1.29 is 4.79 Å².